The SMILES string of the molecule is CCn1c(Cn2nnc(-c3ccc(C)cc3)n2)nn(C2CC(=NNC(N)=S)C3OCC2O3)c1=S. The minimum atomic E-state index is -0.524. The Bertz CT molecular complexity index is 1300. The smallest absolute Gasteiger partial charge is 0.204 e. The number of fused-ring (bicyclic) bond motifs is 2. The van der Waals surface area contributed by atoms with Gasteiger partial charge >= 0.3 is 0 Å². The number of benzene rings is 1. The first-order chi connectivity index (χ1) is 16.4. The second-order valence-electron chi connectivity index (χ2n) is 8.09. The lowest BCUT2D eigenvalue weighted by Gasteiger charge is -2.28. The minimum Gasteiger partial charge on any atom is -0.375 e. The number of aromatic nitrogens is 7. The summed E-state index contributed by atoms with van der Waals surface area (Å²) >= 11 is 10.6. The summed E-state index contributed by atoms with van der Waals surface area (Å²) in [5.41, 5.74) is 10.9. The van der Waals surface area contributed by atoms with Crippen molar-refractivity contribution in [3.63, 3.8) is 0 Å². The number of nitrogens with one attached hydrogen (secondary N) is 1. The molecule has 2 aliphatic heterocycles. The van der Waals surface area contributed by atoms with Crippen LogP contribution in [0.25, 0.3) is 11.4 Å². The van der Waals surface area contributed by atoms with Crippen LogP contribution in [0.2, 0.25) is 0 Å². The van der Waals surface area contributed by atoms with Gasteiger partial charge in [0.05, 0.1) is 18.4 Å². The molecule has 12 nitrogen and oxygen atoms in total. The van der Waals surface area contributed by atoms with Crippen molar-refractivity contribution < 1.29 is 9.47 Å². The number of nitrogens with two attached hydrogens (primary N) is 1. The number of ether oxygens (including phenoxy) is 2. The Labute approximate surface area is 205 Å². The highest BCUT2D eigenvalue weighted by Gasteiger charge is 2.44. The summed E-state index contributed by atoms with van der Waals surface area (Å²) in [5, 5.41) is 22.1. The van der Waals surface area contributed by atoms with Crippen LogP contribution in [0.4, 0.5) is 0 Å². The topological polar surface area (TPSA) is 135 Å². The average Bonchev–Trinajstić information content (AvgIpc) is 3.53. The van der Waals surface area contributed by atoms with Gasteiger partial charge in [-0.05, 0) is 43.5 Å². The van der Waals surface area contributed by atoms with Gasteiger partial charge in [-0.25, -0.2) is 4.68 Å². The molecule has 4 heterocycles. The number of rotatable bonds is 6. The van der Waals surface area contributed by atoms with Crippen molar-refractivity contribution in [3.05, 3.63) is 40.4 Å². The minimum absolute atomic E-state index is 0.0728. The summed E-state index contributed by atoms with van der Waals surface area (Å²) in [6.45, 7) is 5.44. The summed E-state index contributed by atoms with van der Waals surface area (Å²) in [7, 11) is 0. The first-order valence-corrected chi connectivity index (χ1v) is 11.7. The molecule has 5 rings (SSSR count). The van der Waals surface area contributed by atoms with Gasteiger partial charge in [-0.3, -0.25) is 5.43 Å². The highest BCUT2D eigenvalue weighted by molar-refractivity contribution is 7.80. The maximum absolute atomic E-state index is 5.99. The molecule has 2 bridgehead atoms. The highest BCUT2D eigenvalue weighted by Crippen LogP contribution is 2.33. The highest BCUT2D eigenvalue weighted by atomic mass is 32.1. The third kappa shape index (κ3) is 4.36. The zero-order valence-electron chi connectivity index (χ0n) is 18.7. The van der Waals surface area contributed by atoms with Crippen molar-refractivity contribution in [1.29, 1.82) is 0 Å². The fraction of sp³-hybridized carbons (Fsp3) is 0.450. The maximum Gasteiger partial charge on any atom is 0.204 e. The van der Waals surface area contributed by atoms with Crippen molar-refractivity contribution in [2.45, 2.75) is 51.8 Å². The fourth-order valence-electron chi connectivity index (χ4n) is 4.07. The molecule has 14 heteroatoms. The molecule has 2 saturated heterocycles. The Morgan fingerprint density at radius 3 is 2.82 bits per heavy atom. The molecule has 0 saturated carbocycles. The molecular weight excluding hydrogens is 476 g/mol. The molecule has 2 fully saturated rings. The molecule has 2 aliphatic rings. The molecule has 0 aliphatic carbocycles. The number of hydrogen-bond acceptors (Lipinski definition) is 9. The number of nitrogens with zero attached hydrogens (tertiary/aromatic N) is 8. The molecule has 0 amide bonds. The van der Waals surface area contributed by atoms with E-state index >= 15 is 0 Å². The molecule has 178 valence electrons. The molecule has 3 aromatic rings. The molecular formula is C20H24N10O2S2. The van der Waals surface area contributed by atoms with Crippen molar-refractivity contribution in [2.24, 2.45) is 10.8 Å². The van der Waals surface area contributed by atoms with E-state index in [4.69, 9.17) is 44.7 Å². The predicted octanol–water partition coefficient (Wildman–Crippen LogP) is 1.32. The summed E-state index contributed by atoms with van der Waals surface area (Å²) in [6.07, 6.45) is -0.172. The van der Waals surface area contributed by atoms with Gasteiger partial charge in [0.2, 0.25) is 5.82 Å². The van der Waals surface area contributed by atoms with Crippen LogP contribution >= 0.6 is 24.4 Å². The summed E-state index contributed by atoms with van der Waals surface area (Å²) in [6, 6.07) is 7.80. The van der Waals surface area contributed by atoms with E-state index in [1.165, 1.54) is 10.4 Å². The Hall–Kier alpha value is -3.07. The van der Waals surface area contributed by atoms with Crippen molar-refractivity contribution in [1.82, 2.24) is 40.0 Å². The lowest BCUT2D eigenvalue weighted by atomic mass is 10.0. The lowest BCUT2D eigenvalue weighted by Crippen LogP contribution is -2.39. The second-order valence-corrected chi connectivity index (χ2v) is 8.89. The monoisotopic (exact) mass is 500 g/mol. The van der Waals surface area contributed by atoms with Crippen LogP contribution in [0.3, 0.4) is 0 Å². The number of aryl methyl sites for hydroxylation is 1. The van der Waals surface area contributed by atoms with E-state index in [1.54, 1.807) is 4.68 Å². The van der Waals surface area contributed by atoms with Gasteiger partial charge in [0.25, 0.3) is 0 Å². The van der Waals surface area contributed by atoms with Crippen LogP contribution in [-0.4, -0.2) is 64.4 Å². The van der Waals surface area contributed by atoms with Gasteiger partial charge in [-0.1, -0.05) is 29.8 Å². The number of hydrazone groups is 1. The predicted molar refractivity (Wildman–Crippen MR) is 129 cm³/mol. The van der Waals surface area contributed by atoms with E-state index < -0.39 is 6.29 Å². The zero-order chi connectivity index (χ0) is 23.8. The normalized spacial score (nSPS) is 22.9. The molecule has 3 atom stereocenters. The molecule has 0 spiro atoms. The van der Waals surface area contributed by atoms with Gasteiger partial charge in [-0.2, -0.15) is 15.0 Å². The number of hydrogen-bond donors (Lipinski definition) is 2. The van der Waals surface area contributed by atoms with Gasteiger partial charge in [0.15, 0.2) is 22.0 Å². The van der Waals surface area contributed by atoms with E-state index in [0.717, 1.165) is 11.4 Å². The van der Waals surface area contributed by atoms with E-state index in [2.05, 4.69) is 25.9 Å². The van der Waals surface area contributed by atoms with Crippen LogP contribution in [0, 0.1) is 11.7 Å². The van der Waals surface area contributed by atoms with Crippen LogP contribution in [0.1, 0.15) is 30.8 Å². The van der Waals surface area contributed by atoms with Gasteiger partial charge < -0.3 is 19.8 Å². The molecule has 0 radical (unpaired) electrons. The molecule has 34 heavy (non-hydrogen) atoms. The summed E-state index contributed by atoms with van der Waals surface area (Å²) in [4.78, 5) is 1.52. The second kappa shape index (κ2) is 9.29. The van der Waals surface area contributed by atoms with E-state index in [1.807, 2.05) is 42.7 Å². The van der Waals surface area contributed by atoms with Crippen molar-refractivity contribution in [3.8, 4) is 11.4 Å². The lowest BCUT2D eigenvalue weighted by molar-refractivity contribution is -0.0323. The molecule has 1 aromatic carbocycles. The Kier molecular flexibility index (Phi) is 6.20. The number of thiocarbonyl (C=S) groups is 1. The van der Waals surface area contributed by atoms with Crippen LogP contribution in [0.15, 0.2) is 29.4 Å². The first-order valence-electron chi connectivity index (χ1n) is 10.8. The summed E-state index contributed by atoms with van der Waals surface area (Å²) in [5.74, 6) is 1.28. The fourth-order valence-corrected chi connectivity index (χ4v) is 4.52. The van der Waals surface area contributed by atoms with E-state index in [9.17, 15) is 0 Å². The third-order valence-electron chi connectivity index (χ3n) is 5.78. The Morgan fingerprint density at radius 2 is 2.09 bits per heavy atom. The molecule has 3 N–H and O–H groups in total. The van der Waals surface area contributed by atoms with Gasteiger partial charge in [-0.15, -0.1) is 10.2 Å². The van der Waals surface area contributed by atoms with Crippen LogP contribution < -0.4 is 11.2 Å². The molecule has 3 unspecified atom stereocenters. The first kappa shape index (κ1) is 22.7. The maximum atomic E-state index is 5.99. The zero-order valence-corrected chi connectivity index (χ0v) is 20.3. The van der Waals surface area contributed by atoms with E-state index in [-0.39, 0.29) is 17.3 Å². The van der Waals surface area contributed by atoms with Crippen LogP contribution in [0.5, 0.6) is 0 Å². The van der Waals surface area contributed by atoms with Crippen molar-refractivity contribution in [2.75, 3.05) is 6.61 Å². The average molecular weight is 501 g/mol. The Morgan fingerprint density at radius 1 is 1.29 bits per heavy atom. The largest absolute Gasteiger partial charge is 0.375 e. The Balaban J connectivity index is 1.41. The van der Waals surface area contributed by atoms with Crippen molar-refractivity contribution >= 4 is 35.3 Å². The van der Waals surface area contributed by atoms with Crippen LogP contribution in [-0.2, 0) is 22.6 Å². The number of tetrazole rings is 1. The summed E-state index contributed by atoms with van der Waals surface area (Å²) < 4.78 is 16.1. The van der Waals surface area contributed by atoms with Gasteiger partial charge in [0.1, 0.15) is 12.6 Å². The molecule has 2 aromatic heterocycles. The quantitative estimate of drug-likeness (QED) is 0.377. The van der Waals surface area contributed by atoms with E-state index in [0.29, 0.717) is 42.4 Å². The van der Waals surface area contributed by atoms with Gasteiger partial charge in [0, 0.05) is 18.5 Å². The standard InChI is InChI=1S/C20H24N10O2S2/c1-3-28-16(9-29-26-17(23-27-29)12-6-4-11(2)5-7-12)25-30(20(28)34)14-8-13(22-24-19(21)33)18-31-10-15(14)32-18/h4-7,14-15,18H,3,8-10H2,1-2H3,(H3,21,24,33). The third-order valence-corrected chi connectivity index (χ3v) is 6.28.